The van der Waals surface area contributed by atoms with Gasteiger partial charge in [-0.05, 0) is 27.2 Å². The maximum atomic E-state index is 7.39. The maximum absolute atomic E-state index is 7.39. The van der Waals surface area contributed by atoms with Crippen molar-refractivity contribution in [2.75, 3.05) is 7.05 Å². The molecule has 0 radical (unpaired) electrons. The number of amidine groups is 1. The number of hydrogen-bond donors (Lipinski definition) is 1. The smallest absolute Gasteiger partial charge is 0.0927 e. The summed E-state index contributed by atoms with van der Waals surface area (Å²) >= 11 is 0. The van der Waals surface area contributed by atoms with Crippen molar-refractivity contribution in [3.63, 3.8) is 0 Å². The van der Waals surface area contributed by atoms with E-state index in [1.165, 1.54) is 0 Å². The van der Waals surface area contributed by atoms with Crippen molar-refractivity contribution in [2.24, 2.45) is 0 Å². The summed E-state index contributed by atoms with van der Waals surface area (Å²) in [7, 11) is 1.96. The molecule has 2 heteroatoms. The van der Waals surface area contributed by atoms with E-state index in [-0.39, 0.29) is 5.54 Å². The molecule has 0 saturated carbocycles. The van der Waals surface area contributed by atoms with Crippen LogP contribution in [0.25, 0.3) is 0 Å². The Morgan fingerprint density at radius 2 is 1.90 bits per heavy atom. The van der Waals surface area contributed by atoms with Gasteiger partial charge in [0.15, 0.2) is 0 Å². The highest BCUT2D eigenvalue weighted by Gasteiger charge is 2.20. The summed E-state index contributed by atoms with van der Waals surface area (Å²) in [5, 5.41) is 7.39. The molecule has 0 aliphatic rings. The van der Waals surface area contributed by atoms with Crippen molar-refractivity contribution < 1.29 is 0 Å². The molecule has 0 bridgehead atoms. The fourth-order valence-electron chi connectivity index (χ4n) is 0.691. The molecule has 0 rings (SSSR count). The predicted molar refractivity (Wildman–Crippen MR) is 45.5 cm³/mol. The molecule has 0 spiro atoms. The summed E-state index contributed by atoms with van der Waals surface area (Å²) in [6.07, 6.45) is 1.07. The second-order valence-electron chi connectivity index (χ2n) is 3.31. The predicted octanol–water partition coefficient (Wildman–Crippen LogP) is 2.10. The third-order valence-corrected chi connectivity index (χ3v) is 2.28. The molecule has 60 valence electrons. The normalized spacial score (nSPS) is 11.3. The monoisotopic (exact) mass is 142 g/mol. The zero-order chi connectivity index (χ0) is 8.36. The van der Waals surface area contributed by atoms with Gasteiger partial charge in [-0.3, -0.25) is 5.41 Å². The second kappa shape index (κ2) is 3.04. The first-order valence-corrected chi connectivity index (χ1v) is 3.71. The minimum atomic E-state index is 0.131. The van der Waals surface area contributed by atoms with E-state index in [4.69, 9.17) is 5.41 Å². The highest BCUT2D eigenvalue weighted by molar-refractivity contribution is 5.76. The van der Waals surface area contributed by atoms with E-state index in [1.807, 2.05) is 18.9 Å². The molecule has 2 nitrogen and oxygen atoms in total. The summed E-state index contributed by atoms with van der Waals surface area (Å²) < 4.78 is 0. The summed E-state index contributed by atoms with van der Waals surface area (Å²) in [6, 6.07) is 0. The zero-order valence-corrected chi connectivity index (χ0v) is 7.65. The van der Waals surface area contributed by atoms with Crippen LogP contribution >= 0.6 is 0 Å². The highest BCUT2D eigenvalue weighted by atomic mass is 15.2. The lowest BCUT2D eigenvalue weighted by Crippen LogP contribution is -2.42. The fourth-order valence-corrected chi connectivity index (χ4v) is 0.691. The molecular formula is C8H18N2. The third kappa shape index (κ3) is 2.01. The lowest BCUT2D eigenvalue weighted by atomic mass is 10.0. The molecule has 0 unspecified atom stereocenters. The molecule has 0 atom stereocenters. The van der Waals surface area contributed by atoms with E-state index >= 15 is 0 Å². The molecule has 0 saturated heterocycles. The molecule has 0 heterocycles. The average Bonchev–Trinajstić information content (AvgIpc) is 1.86. The Kier molecular flexibility index (Phi) is 2.88. The van der Waals surface area contributed by atoms with E-state index in [0.29, 0.717) is 5.84 Å². The Morgan fingerprint density at radius 1 is 1.50 bits per heavy atom. The van der Waals surface area contributed by atoms with Crippen molar-refractivity contribution in [1.82, 2.24) is 4.90 Å². The second-order valence-corrected chi connectivity index (χ2v) is 3.31. The van der Waals surface area contributed by atoms with Gasteiger partial charge < -0.3 is 4.90 Å². The molecule has 0 aliphatic heterocycles. The van der Waals surface area contributed by atoms with Crippen LogP contribution in [0, 0.1) is 5.41 Å². The van der Waals surface area contributed by atoms with E-state index in [9.17, 15) is 0 Å². The van der Waals surface area contributed by atoms with Crippen LogP contribution in [-0.4, -0.2) is 23.3 Å². The van der Waals surface area contributed by atoms with Crippen LogP contribution in [0.2, 0.25) is 0 Å². The van der Waals surface area contributed by atoms with Gasteiger partial charge >= 0.3 is 0 Å². The number of nitrogens with one attached hydrogen (secondary N) is 1. The minimum Gasteiger partial charge on any atom is -0.359 e. The van der Waals surface area contributed by atoms with E-state index in [2.05, 4.69) is 20.8 Å². The zero-order valence-electron chi connectivity index (χ0n) is 7.65. The largest absolute Gasteiger partial charge is 0.359 e. The molecule has 0 aliphatic carbocycles. The SMILES string of the molecule is CCC(C)(C)N(C)C(C)=N. The summed E-state index contributed by atoms with van der Waals surface area (Å²) in [5.41, 5.74) is 0.131. The van der Waals surface area contributed by atoms with Crippen molar-refractivity contribution in [3.05, 3.63) is 0 Å². The topological polar surface area (TPSA) is 27.1 Å². The summed E-state index contributed by atoms with van der Waals surface area (Å²) in [4.78, 5) is 1.99. The van der Waals surface area contributed by atoms with Crippen molar-refractivity contribution in [2.45, 2.75) is 39.7 Å². The van der Waals surface area contributed by atoms with Gasteiger partial charge in [-0.15, -0.1) is 0 Å². The fraction of sp³-hybridized carbons (Fsp3) is 0.875. The molecule has 1 N–H and O–H groups in total. The van der Waals surface area contributed by atoms with Gasteiger partial charge in [-0.2, -0.15) is 0 Å². The van der Waals surface area contributed by atoms with Gasteiger partial charge in [-0.25, -0.2) is 0 Å². The lowest BCUT2D eigenvalue weighted by Gasteiger charge is -2.35. The van der Waals surface area contributed by atoms with Gasteiger partial charge in [0.05, 0.1) is 5.84 Å². The molecule has 0 amide bonds. The van der Waals surface area contributed by atoms with Crippen LogP contribution in [0.4, 0.5) is 0 Å². The summed E-state index contributed by atoms with van der Waals surface area (Å²) in [6.45, 7) is 8.24. The van der Waals surface area contributed by atoms with E-state index < -0.39 is 0 Å². The molecule has 0 aromatic carbocycles. The first-order chi connectivity index (χ1) is 4.41. The van der Waals surface area contributed by atoms with Gasteiger partial charge in [0.25, 0.3) is 0 Å². The lowest BCUT2D eigenvalue weighted by molar-refractivity contribution is 0.243. The van der Waals surface area contributed by atoms with Crippen LogP contribution in [-0.2, 0) is 0 Å². The Morgan fingerprint density at radius 3 is 2.00 bits per heavy atom. The van der Waals surface area contributed by atoms with Gasteiger partial charge in [0.2, 0.25) is 0 Å². The van der Waals surface area contributed by atoms with E-state index in [1.54, 1.807) is 0 Å². The maximum Gasteiger partial charge on any atom is 0.0927 e. The number of rotatable bonds is 2. The molecule has 0 aromatic rings. The Labute approximate surface area is 63.7 Å². The Bertz CT molecular complexity index is 127. The first-order valence-electron chi connectivity index (χ1n) is 3.71. The van der Waals surface area contributed by atoms with Crippen LogP contribution in [0.3, 0.4) is 0 Å². The van der Waals surface area contributed by atoms with Gasteiger partial charge in [0, 0.05) is 12.6 Å². The highest BCUT2D eigenvalue weighted by Crippen LogP contribution is 2.15. The van der Waals surface area contributed by atoms with Crippen LogP contribution in [0.1, 0.15) is 34.1 Å². The minimum absolute atomic E-state index is 0.131. The molecule has 10 heavy (non-hydrogen) atoms. The van der Waals surface area contributed by atoms with Crippen molar-refractivity contribution in [3.8, 4) is 0 Å². The van der Waals surface area contributed by atoms with Crippen LogP contribution in [0.5, 0.6) is 0 Å². The van der Waals surface area contributed by atoms with Crippen molar-refractivity contribution >= 4 is 5.84 Å². The Balaban J connectivity index is 4.17. The van der Waals surface area contributed by atoms with Crippen LogP contribution < -0.4 is 0 Å². The summed E-state index contributed by atoms with van der Waals surface area (Å²) in [5.74, 6) is 0.631. The molecule has 0 fully saturated rings. The number of hydrogen-bond acceptors (Lipinski definition) is 1. The standard InChI is InChI=1S/C8H18N2/c1-6-8(3,4)10(5)7(2)9/h9H,6H2,1-5H3. The quantitative estimate of drug-likeness (QED) is 0.464. The molecular weight excluding hydrogens is 124 g/mol. The average molecular weight is 142 g/mol. The first kappa shape index (κ1) is 9.47. The van der Waals surface area contributed by atoms with Gasteiger partial charge in [0.1, 0.15) is 0 Å². The third-order valence-electron chi connectivity index (χ3n) is 2.28. The van der Waals surface area contributed by atoms with E-state index in [0.717, 1.165) is 6.42 Å². The van der Waals surface area contributed by atoms with Gasteiger partial charge in [-0.1, -0.05) is 6.92 Å². The molecule has 0 aromatic heterocycles. The number of nitrogens with zero attached hydrogens (tertiary/aromatic N) is 1. The van der Waals surface area contributed by atoms with Crippen molar-refractivity contribution in [1.29, 1.82) is 5.41 Å². The van der Waals surface area contributed by atoms with Crippen LogP contribution in [0.15, 0.2) is 0 Å². The Hall–Kier alpha value is -0.530.